The highest BCUT2D eigenvalue weighted by Crippen LogP contribution is 2.42. The first-order valence-corrected chi connectivity index (χ1v) is 10.6. The standard InChI is InChI=1S/C25H25FN2O5/c1-31-21-6-3-5-18(23(21)32-2)19-14-28(25(30)22-7-4-12-33-22)15-20(19)24(29)27-13-16-8-10-17(26)11-9-16/h3-12,19-20H,13-15H2,1-2H3,(H,27,29)/t19-,20+/m1/s1. The lowest BCUT2D eigenvalue weighted by atomic mass is 9.87. The van der Waals surface area contributed by atoms with E-state index < -0.39 is 5.92 Å². The molecule has 1 aliphatic rings. The minimum absolute atomic E-state index is 0.205. The Morgan fingerprint density at radius 3 is 2.52 bits per heavy atom. The Morgan fingerprint density at radius 2 is 1.85 bits per heavy atom. The fourth-order valence-corrected chi connectivity index (χ4v) is 4.23. The molecule has 3 aromatic rings. The number of rotatable bonds is 7. The molecule has 1 aliphatic heterocycles. The van der Waals surface area contributed by atoms with Gasteiger partial charge >= 0.3 is 0 Å². The maximum absolute atomic E-state index is 13.3. The number of hydrogen-bond donors (Lipinski definition) is 1. The van der Waals surface area contributed by atoms with Crippen molar-refractivity contribution in [2.45, 2.75) is 12.5 Å². The molecule has 2 aromatic carbocycles. The molecular weight excluding hydrogens is 427 g/mol. The quantitative estimate of drug-likeness (QED) is 0.592. The number of nitrogens with one attached hydrogen (secondary N) is 1. The number of carbonyl (C=O) groups excluding carboxylic acids is 2. The molecule has 1 fully saturated rings. The van der Waals surface area contributed by atoms with Gasteiger partial charge in [-0.25, -0.2) is 4.39 Å². The van der Waals surface area contributed by atoms with Gasteiger partial charge < -0.3 is 24.1 Å². The van der Waals surface area contributed by atoms with Gasteiger partial charge in [0.1, 0.15) is 5.82 Å². The van der Waals surface area contributed by atoms with Gasteiger partial charge in [0, 0.05) is 31.1 Å². The van der Waals surface area contributed by atoms with E-state index in [-0.39, 0.29) is 42.4 Å². The number of methoxy groups -OCH3 is 2. The summed E-state index contributed by atoms with van der Waals surface area (Å²) in [6.45, 7) is 0.793. The summed E-state index contributed by atoms with van der Waals surface area (Å²) in [7, 11) is 3.10. The van der Waals surface area contributed by atoms with Crippen LogP contribution in [0.2, 0.25) is 0 Å². The third kappa shape index (κ3) is 4.69. The van der Waals surface area contributed by atoms with Gasteiger partial charge in [0.2, 0.25) is 5.91 Å². The average molecular weight is 452 g/mol. The van der Waals surface area contributed by atoms with Crippen molar-refractivity contribution in [1.29, 1.82) is 0 Å². The fourth-order valence-electron chi connectivity index (χ4n) is 4.23. The number of furan rings is 1. The van der Waals surface area contributed by atoms with Crippen molar-refractivity contribution in [3.05, 3.63) is 83.6 Å². The van der Waals surface area contributed by atoms with E-state index in [4.69, 9.17) is 13.9 Å². The van der Waals surface area contributed by atoms with E-state index in [0.717, 1.165) is 11.1 Å². The Kier molecular flexibility index (Phi) is 6.63. The Morgan fingerprint density at radius 1 is 1.06 bits per heavy atom. The van der Waals surface area contributed by atoms with E-state index >= 15 is 0 Å². The van der Waals surface area contributed by atoms with Crippen LogP contribution in [0.4, 0.5) is 4.39 Å². The summed E-state index contributed by atoms with van der Waals surface area (Å²) in [4.78, 5) is 27.8. The van der Waals surface area contributed by atoms with Crippen molar-refractivity contribution >= 4 is 11.8 Å². The molecule has 7 nitrogen and oxygen atoms in total. The van der Waals surface area contributed by atoms with Crippen molar-refractivity contribution in [2.75, 3.05) is 27.3 Å². The molecule has 0 saturated carbocycles. The molecule has 8 heteroatoms. The summed E-state index contributed by atoms with van der Waals surface area (Å²) < 4.78 is 29.5. The number of amides is 2. The van der Waals surface area contributed by atoms with E-state index in [0.29, 0.717) is 18.0 Å². The molecule has 2 amide bonds. The summed E-state index contributed by atoms with van der Waals surface area (Å²) >= 11 is 0. The Bertz CT molecular complexity index is 1110. The Labute approximate surface area is 191 Å². The highest BCUT2D eigenvalue weighted by molar-refractivity contribution is 5.93. The van der Waals surface area contributed by atoms with Crippen LogP contribution in [0.5, 0.6) is 11.5 Å². The molecule has 1 aromatic heterocycles. The van der Waals surface area contributed by atoms with Gasteiger partial charge in [-0.1, -0.05) is 24.3 Å². The van der Waals surface area contributed by atoms with Crippen LogP contribution in [0.3, 0.4) is 0 Å². The molecule has 0 unspecified atom stereocenters. The molecule has 33 heavy (non-hydrogen) atoms. The summed E-state index contributed by atoms with van der Waals surface area (Å²) in [5.74, 6) is -0.348. The van der Waals surface area contributed by atoms with Crippen LogP contribution >= 0.6 is 0 Å². The predicted octanol–water partition coefficient (Wildman–Crippen LogP) is 3.61. The van der Waals surface area contributed by atoms with Crippen molar-refractivity contribution in [3.63, 3.8) is 0 Å². The van der Waals surface area contributed by atoms with Gasteiger partial charge in [-0.3, -0.25) is 9.59 Å². The lowest BCUT2D eigenvalue weighted by Gasteiger charge is -2.21. The van der Waals surface area contributed by atoms with Crippen LogP contribution in [0, 0.1) is 11.7 Å². The number of hydrogen-bond acceptors (Lipinski definition) is 5. The minimum Gasteiger partial charge on any atom is -0.493 e. The number of nitrogens with zero attached hydrogens (tertiary/aromatic N) is 1. The number of ether oxygens (including phenoxy) is 2. The smallest absolute Gasteiger partial charge is 0.289 e. The van der Waals surface area contributed by atoms with Crippen LogP contribution in [-0.4, -0.2) is 44.0 Å². The monoisotopic (exact) mass is 452 g/mol. The molecule has 2 atom stereocenters. The third-order valence-electron chi connectivity index (χ3n) is 5.89. The second kappa shape index (κ2) is 9.77. The summed E-state index contributed by atoms with van der Waals surface area (Å²) in [6, 6.07) is 14.7. The van der Waals surface area contributed by atoms with Crippen LogP contribution in [0.15, 0.2) is 65.3 Å². The topological polar surface area (TPSA) is 81.0 Å². The molecule has 1 saturated heterocycles. The first kappa shape index (κ1) is 22.4. The Balaban J connectivity index is 1.60. The van der Waals surface area contributed by atoms with Crippen LogP contribution in [0.25, 0.3) is 0 Å². The number of benzene rings is 2. The molecule has 0 spiro atoms. The predicted molar refractivity (Wildman–Crippen MR) is 119 cm³/mol. The summed E-state index contributed by atoms with van der Waals surface area (Å²) in [6.07, 6.45) is 1.44. The highest BCUT2D eigenvalue weighted by atomic mass is 19.1. The van der Waals surface area contributed by atoms with E-state index in [2.05, 4.69) is 5.32 Å². The molecule has 2 heterocycles. The van der Waals surface area contributed by atoms with E-state index in [9.17, 15) is 14.0 Å². The van der Waals surface area contributed by atoms with Crippen molar-refractivity contribution < 1.29 is 27.9 Å². The zero-order valence-corrected chi connectivity index (χ0v) is 18.4. The van der Waals surface area contributed by atoms with Gasteiger partial charge in [-0.05, 0) is 35.9 Å². The van der Waals surface area contributed by atoms with Crippen LogP contribution < -0.4 is 14.8 Å². The third-order valence-corrected chi connectivity index (χ3v) is 5.89. The molecule has 0 bridgehead atoms. The zero-order chi connectivity index (χ0) is 23.4. The first-order valence-electron chi connectivity index (χ1n) is 10.6. The maximum atomic E-state index is 13.3. The van der Waals surface area contributed by atoms with Crippen LogP contribution in [0.1, 0.15) is 27.6 Å². The molecule has 172 valence electrons. The van der Waals surface area contributed by atoms with Crippen molar-refractivity contribution in [3.8, 4) is 11.5 Å². The maximum Gasteiger partial charge on any atom is 0.289 e. The van der Waals surface area contributed by atoms with E-state index in [1.54, 1.807) is 49.5 Å². The molecule has 0 radical (unpaired) electrons. The fraction of sp³-hybridized carbons (Fsp3) is 0.280. The zero-order valence-electron chi connectivity index (χ0n) is 18.4. The van der Waals surface area contributed by atoms with E-state index in [1.165, 1.54) is 18.4 Å². The van der Waals surface area contributed by atoms with Crippen molar-refractivity contribution in [2.24, 2.45) is 5.92 Å². The SMILES string of the molecule is COc1cccc([C@H]2CN(C(=O)c3ccco3)C[C@@H]2C(=O)NCc2ccc(F)cc2)c1OC. The summed E-state index contributed by atoms with van der Waals surface area (Å²) in [5.41, 5.74) is 1.57. The molecule has 4 rings (SSSR count). The van der Waals surface area contributed by atoms with Gasteiger partial charge in [0.05, 0.1) is 26.4 Å². The molecule has 1 N–H and O–H groups in total. The summed E-state index contributed by atoms with van der Waals surface area (Å²) in [5, 5.41) is 2.93. The lowest BCUT2D eigenvalue weighted by molar-refractivity contribution is -0.125. The first-order chi connectivity index (χ1) is 16.0. The molecule has 0 aliphatic carbocycles. The van der Waals surface area contributed by atoms with E-state index in [1.807, 2.05) is 12.1 Å². The average Bonchev–Trinajstić information content (AvgIpc) is 3.53. The van der Waals surface area contributed by atoms with Gasteiger partial charge in [0.15, 0.2) is 17.3 Å². The highest BCUT2D eigenvalue weighted by Gasteiger charge is 2.42. The lowest BCUT2D eigenvalue weighted by Crippen LogP contribution is -2.35. The number of likely N-dealkylation sites (tertiary alicyclic amines) is 1. The minimum atomic E-state index is -0.523. The normalized spacial score (nSPS) is 17.6. The van der Waals surface area contributed by atoms with Crippen molar-refractivity contribution in [1.82, 2.24) is 10.2 Å². The Hall–Kier alpha value is -3.81. The largest absolute Gasteiger partial charge is 0.493 e. The second-order valence-electron chi connectivity index (χ2n) is 7.83. The second-order valence-corrected chi connectivity index (χ2v) is 7.83. The number of halogens is 1. The number of para-hydroxylation sites is 1. The van der Waals surface area contributed by atoms with Gasteiger partial charge in [-0.15, -0.1) is 0 Å². The van der Waals surface area contributed by atoms with Gasteiger partial charge in [0.25, 0.3) is 5.91 Å². The van der Waals surface area contributed by atoms with Crippen LogP contribution in [-0.2, 0) is 11.3 Å². The number of carbonyl (C=O) groups is 2. The molecular formula is C25H25FN2O5. The van der Waals surface area contributed by atoms with Gasteiger partial charge in [-0.2, -0.15) is 0 Å².